The number of fused-ring (bicyclic) bond motifs is 1. The highest BCUT2D eigenvalue weighted by Gasteiger charge is 2.12. The lowest BCUT2D eigenvalue weighted by atomic mass is 10.1. The summed E-state index contributed by atoms with van der Waals surface area (Å²) < 4.78 is 1.70. The second kappa shape index (κ2) is 4.85. The highest BCUT2D eigenvalue weighted by Crippen LogP contribution is 2.18. The Balaban J connectivity index is 2.41. The smallest absolute Gasteiger partial charge is 0.265 e. The first-order valence-electron chi connectivity index (χ1n) is 7.05. The van der Waals surface area contributed by atoms with E-state index in [9.17, 15) is 4.79 Å². The van der Waals surface area contributed by atoms with E-state index in [4.69, 9.17) is 0 Å². The minimum absolute atomic E-state index is 0.00634. The van der Waals surface area contributed by atoms with Crippen LogP contribution in [-0.2, 0) is 0 Å². The molecule has 2 aromatic carbocycles. The molecule has 0 aliphatic carbocycles. The lowest BCUT2D eigenvalue weighted by Crippen LogP contribution is -2.23. The highest BCUT2D eigenvalue weighted by molar-refractivity contribution is 5.81. The fourth-order valence-corrected chi connectivity index (χ4v) is 2.80. The summed E-state index contributed by atoms with van der Waals surface area (Å²) in [5.74, 6) is 0.716. The number of para-hydroxylation sites is 1. The standard InChI is InChI=1S/C18H18N2O/c1-11-8-9-16(13(3)10-11)20-14(4)19-17-12(2)6-5-7-15(17)18(20)21/h5-10H,1-4H3. The van der Waals surface area contributed by atoms with Crippen molar-refractivity contribution < 1.29 is 0 Å². The zero-order valence-electron chi connectivity index (χ0n) is 12.8. The van der Waals surface area contributed by atoms with E-state index in [1.54, 1.807) is 4.57 Å². The molecule has 3 aromatic rings. The van der Waals surface area contributed by atoms with Crippen LogP contribution in [0.4, 0.5) is 0 Å². The van der Waals surface area contributed by atoms with E-state index in [2.05, 4.69) is 18.0 Å². The van der Waals surface area contributed by atoms with E-state index >= 15 is 0 Å². The van der Waals surface area contributed by atoms with Crippen LogP contribution in [0.3, 0.4) is 0 Å². The van der Waals surface area contributed by atoms with Gasteiger partial charge in [0.2, 0.25) is 0 Å². The van der Waals surface area contributed by atoms with Crippen molar-refractivity contribution in [3.8, 4) is 5.69 Å². The summed E-state index contributed by atoms with van der Waals surface area (Å²) in [4.78, 5) is 17.5. The lowest BCUT2D eigenvalue weighted by Gasteiger charge is -2.14. The molecule has 0 bridgehead atoms. The first-order chi connectivity index (χ1) is 9.99. The van der Waals surface area contributed by atoms with Crippen LogP contribution in [0.15, 0.2) is 41.2 Å². The molecule has 0 radical (unpaired) electrons. The summed E-state index contributed by atoms with van der Waals surface area (Å²) in [6, 6.07) is 11.8. The number of nitrogens with zero attached hydrogens (tertiary/aromatic N) is 2. The number of aromatic nitrogens is 2. The summed E-state index contributed by atoms with van der Waals surface area (Å²) in [5.41, 5.74) is 4.98. The minimum Gasteiger partial charge on any atom is -0.268 e. The van der Waals surface area contributed by atoms with Gasteiger partial charge in [0.05, 0.1) is 16.6 Å². The number of aryl methyl sites for hydroxylation is 4. The molecule has 3 rings (SSSR count). The topological polar surface area (TPSA) is 34.9 Å². The van der Waals surface area contributed by atoms with Gasteiger partial charge in [-0.2, -0.15) is 0 Å². The van der Waals surface area contributed by atoms with E-state index in [1.807, 2.05) is 51.1 Å². The van der Waals surface area contributed by atoms with Crippen molar-refractivity contribution in [2.45, 2.75) is 27.7 Å². The summed E-state index contributed by atoms with van der Waals surface area (Å²) in [6.07, 6.45) is 0. The maximum Gasteiger partial charge on any atom is 0.265 e. The molecule has 0 atom stereocenters. The van der Waals surface area contributed by atoms with Crippen molar-refractivity contribution in [3.63, 3.8) is 0 Å². The molecule has 0 aliphatic heterocycles. The molecule has 0 fully saturated rings. The van der Waals surface area contributed by atoms with Gasteiger partial charge in [-0.15, -0.1) is 0 Å². The van der Waals surface area contributed by atoms with Gasteiger partial charge >= 0.3 is 0 Å². The molecule has 0 spiro atoms. The molecule has 1 aromatic heterocycles. The zero-order valence-corrected chi connectivity index (χ0v) is 12.8. The molecule has 106 valence electrons. The molecule has 0 saturated heterocycles. The maximum absolute atomic E-state index is 12.9. The molecule has 0 amide bonds. The Morgan fingerprint density at radius 1 is 0.952 bits per heavy atom. The van der Waals surface area contributed by atoms with E-state index < -0.39 is 0 Å². The molecule has 3 heteroatoms. The molecule has 1 heterocycles. The fraction of sp³-hybridized carbons (Fsp3) is 0.222. The Morgan fingerprint density at radius 2 is 1.71 bits per heavy atom. The highest BCUT2D eigenvalue weighted by atomic mass is 16.1. The van der Waals surface area contributed by atoms with Gasteiger partial charge < -0.3 is 0 Å². The van der Waals surface area contributed by atoms with Gasteiger partial charge in [0.1, 0.15) is 5.82 Å². The quantitative estimate of drug-likeness (QED) is 0.681. The first kappa shape index (κ1) is 13.6. The average molecular weight is 278 g/mol. The van der Waals surface area contributed by atoms with Crippen molar-refractivity contribution in [2.24, 2.45) is 0 Å². The van der Waals surface area contributed by atoms with Gasteiger partial charge in [-0.25, -0.2) is 4.98 Å². The normalized spacial score (nSPS) is 11.0. The summed E-state index contributed by atoms with van der Waals surface area (Å²) in [7, 11) is 0. The van der Waals surface area contributed by atoms with Crippen LogP contribution in [0.5, 0.6) is 0 Å². The van der Waals surface area contributed by atoms with Crippen LogP contribution in [0.1, 0.15) is 22.5 Å². The Kier molecular flexibility index (Phi) is 3.13. The Bertz CT molecular complexity index is 907. The van der Waals surface area contributed by atoms with Gasteiger partial charge in [0, 0.05) is 0 Å². The first-order valence-corrected chi connectivity index (χ1v) is 7.05. The molecule has 0 saturated carbocycles. The zero-order chi connectivity index (χ0) is 15.1. The van der Waals surface area contributed by atoms with E-state index in [-0.39, 0.29) is 5.56 Å². The summed E-state index contributed by atoms with van der Waals surface area (Å²) in [5, 5.41) is 0.667. The molecule has 3 nitrogen and oxygen atoms in total. The van der Waals surface area contributed by atoms with Crippen molar-refractivity contribution in [1.29, 1.82) is 0 Å². The van der Waals surface area contributed by atoms with Crippen LogP contribution in [0, 0.1) is 27.7 Å². The average Bonchev–Trinajstić information content (AvgIpc) is 2.42. The van der Waals surface area contributed by atoms with Crippen LogP contribution < -0.4 is 5.56 Å². The predicted octanol–water partition coefficient (Wildman–Crippen LogP) is 3.62. The third-order valence-electron chi connectivity index (χ3n) is 3.86. The number of hydrogen-bond acceptors (Lipinski definition) is 2. The molecule has 0 aliphatic rings. The monoisotopic (exact) mass is 278 g/mol. The maximum atomic E-state index is 12.9. The summed E-state index contributed by atoms with van der Waals surface area (Å²) in [6.45, 7) is 7.94. The van der Waals surface area contributed by atoms with Crippen LogP contribution >= 0.6 is 0 Å². The van der Waals surface area contributed by atoms with Crippen molar-refractivity contribution in [2.75, 3.05) is 0 Å². The van der Waals surface area contributed by atoms with Crippen LogP contribution in [-0.4, -0.2) is 9.55 Å². The van der Waals surface area contributed by atoms with Gasteiger partial charge in [-0.3, -0.25) is 9.36 Å². The Labute approximate surface area is 123 Å². The molecule has 0 unspecified atom stereocenters. The number of benzene rings is 2. The minimum atomic E-state index is -0.00634. The van der Waals surface area contributed by atoms with E-state index in [0.717, 1.165) is 22.3 Å². The third kappa shape index (κ3) is 2.15. The van der Waals surface area contributed by atoms with Crippen molar-refractivity contribution >= 4 is 10.9 Å². The van der Waals surface area contributed by atoms with E-state index in [1.165, 1.54) is 5.56 Å². The predicted molar refractivity (Wildman–Crippen MR) is 86.3 cm³/mol. The lowest BCUT2D eigenvalue weighted by molar-refractivity contribution is 0.886. The van der Waals surface area contributed by atoms with E-state index in [0.29, 0.717) is 11.2 Å². The Hall–Kier alpha value is -2.42. The van der Waals surface area contributed by atoms with Gasteiger partial charge in [-0.1, -0.05) is 29.8 Å². The second-order valence-corrected chi connectivity index (χ2v) is 5.56. The van der Waals surface area contributed by atoms with Gasteiger partial charge in [0.15, 0.2) is 0 Å². The van der Waals surface area contributed by atoms with Crippen LogP contribution in [0.2, 0.25) is 0 Å². The fourth-order valence-electron chi connectivity index (χ4n) is 2.80. The molecular formula is C18H18N2O. The van der Waals surface area contributed by atoms with Crippen molar-refractivity contribution in [1.82, 2.24) is 9.55 Å². The largest absolute Gasteiger partial charge is 0.268 e. The molecular weight excluding hydrogens is 260 g/mol. The van der Waals surface area contributed by atoms with Crippen LogP contribution in [0.25, 0.3) is 16.6 Å². The number of rotatable bonds is 1. The molecule has 21 heavy (non-hydrogen) atoms. The SMILES string of the molecule is Cc1ccc(-n2c(C)nc3c(C)cccc3c2=O)c(C)c1. The molecule has 0 N–H and O–H groups in total. The second-order valence-electron chi connectivity index (χ2n) is 5.56. The van der Waals surface area contributed by atoms with Crippen molar-refractivity contribution in [3.05, 3.63) is 69.3 Å². The van der Waals surface area contributed by atoms with Gasteiger partial charge in [-0.05, 0) is 51.0 Å². The van der Waals surface area contributed by atoms with Gasteiger partial charge in [0.25, 0.3) is 5.56 Å². The summed E-state index contributed by atoms with van der Waals surface area (Å²) >= 11 is 0. The Morgan fingerprint density at radius 3 is 2.43 bits per heavy atom. The number of hydrogen-bond donors (Lipinski definition) is 0. The third-order valence-corrected chi connectivity index (χ3v) is 3.86.